The van der Waals surface area contributed by atoms with Crippen molar-refractivity contribution in [2.75, 3.05) is 5.75 Å². The Balaban J connectivity index is 0.000000619. The molecule has 192 valence electrons. The molecule has 8 nitrogen and oxygen atoms in total. The van der Waals surface area contributed by atoms with Crippen LogP contribution in [-0.2, 0) is 34.2 Å². The fourth-order valence-corrected chi connectivity index (χ4v) is 9.24. The first kappa shape index (κ1) is 31.4. The number of aliphatic hydroxyl groups is 1. The number of hydrogen-bond donors (Lipinski definition) is 3. The van der Waals surface area contributed by atoms with E-state index in [9.17, 15) is 22.9 Å². The third-order valence-electron chi connectivity index (χ3n) is 9.37. The van der Waals surface area contributed by atoms with Crippen molar-refractivity contribution < 1.29 is 65.7 Å². The van der Waals surface area contributed by atoms with Crippen molar-refractivity contribution in [2.45, 2.75) is 77.7 Å². The minimum atomic E-state index is -4.42. The fraction of sp³-hybridized carbons (Fsp3) is 0.952. The van der Waals surface area contributed by atoms with Gasteiger partial charge in [-0.2, -0.15) is 4.21 Å². The molecule has 34 heavy (non-hydrogen) atoms. The van der Waals surface area contributed by atoms with Crippen molar-refractivity contribution in [3.63, 3.8) is 0 Å². The Morgan fingerprint density at radius 3 is 2.15 bits per heavy atom. The number of ketones is 1. The van der Waals surface area contributed by atoms with Crippen LogP contribution in [0.3, 0.4) is 0 Å². The Kier molecular flexibility index (Phi) is 10.6. The second-order valence-corrected chi connectivity index (χ2v) is 16.3. The summed E-state index contributed by atoms with van der Waals surface area (Å²) in [6.45, 7) is 4.70. The first-order chi connectivity index (χ1) is 15.0. The maximum atomic E-state index is 12.8. The topological polar surface area (TPSA) is 152 Å². The van der Waals surface area contributed by atoms with Gasteiger partial charge in [0.1, 0.15) is 14.9 Å². The van der Waals surface area contributed by atoms with E-state index in [-0.39, 0.29) is 69.3 Å². The Morgan fingerprint density at radius 2 is 1.56 bits per heavy atom. The molecule has 0 aliphatic heterocycles. The largest absolute Gasteiger partial charge is 1.00 e. The molecule has 0 saturated heterocycles. The van der Waals surface area contributed by atoms with Crippen molar-refractivity contribution in [1.82, 2.24) is 0 Å². The molecule has 0 spiro atoms. The van der Waals surface area contributed by atoms with Gasteiger partial charge >= 0.3 is 29.6 Å². The predicted molar refractivity (Wildman–Crippen MR) is 129 cm³/mol. The molecule has 0 bridgehead atoms. The molecule has 8 atom stereocenters. The molecule has 0 aromatic carbocycles. The van der Waals surface area contributed by atoms with Gasteiger partial charge < -0.3 is 9.66 Å². The molecule has 0 aromatic rings. The van der Waals surface area contributed by atoms with Crippen LogP contribution in [0.15, 0.2) is 0 Å². The van der Waals surface area contributed by atoms with Crippen molar-refractivity contribution in [3.8, 4) is 0 Å². The summed E-state index contributed by atoms with van der Waals surface area (Å²) in [5.74, 6) is 2.12. The summed E-state index contributed by atoms with van der Waals surface area (Å²) >= 11 is 3.47. The second-order valence-electron chi connectivity index (χ2n) is 10.8. The van der Waals surface area contributed by atoms with E-state index in [0.717, 1.165) is 44.9 Å². The summed E-state index contributed by atoms with van der Waals surface area (Å²) in [7, 11) is -8.00. The number of rotatable bonds is 4. The molecule has 4 aliphatic rings. The first-order valence-electron chi connectivity index (χ1n) is 11.6. The number of hydrogen-bond acceptors (Lipinski definition) is 8. The normalized spacial score (nSPS) is 41.6. The van der Waals surface area contributed by atoms with Crippen LogP contribution in [0.2, 0.25) is 0 Å². The zero-order chi connectivity index (χ0) is 24.8. The quantitative estimate of drug-likeness (QED) is 0.248. The number of carbonyl (C=O) groups is 1. The van der Waals surface area contributed by atoms with Crippen LogP contribution in [0, 0.1) is 40.4 Å². The molecule has 4 fully saturated rings. The fourth-order valence-electron chi connectivity index (χ4n) is 8.00. The third kappa shape index (κ3) is 7.18. The van der Waals surface area contributed by atoms with E-state index >= 15 is 0 Å². The summed E-state index contributed by atoms with van der Waals surface area (Å²) in [4.78, 5) is 12.8. The van der Waals surface area contributed by atoms with E-state index in [1.54, 1.807) is 0 Å². The Bertz CT molecular complexity index is 950. The van der Waals surface area contributed by atoms with Crippen LogP contribution in [-0.4, -0.2) is 49.0 Å². The average molecular weight is 567 g/mol. The summed E-state index contributed by atoms with van der Waals surface area (Å²) in [6.07, 6.45) is 9.27. The van der Waals surface area contributed by atoms with E-state index in [4.69, 9.17) is 13.3 Å². The second kappa shape index (κ2) is 11.5. The van der Waals surface area contributed by atoms with Crippen LogP contribution in [0.5, 0.6) is 0 Å². The molecule has 4 saturated carbocycles. The maximum Gasteiger partial charge on any atom is 1.00 e. The molecular weight excluding hydrogens is 531 g/mol. The molecule has 4 rings (SSSR count). The average Bonchev–Trinajstić information content (AvgIpc) is 3.02. The van der Waals surface area contributed by atoms with Gasteiger partial charge in [0.05, 0.1) is 11.9 Å². The Labute approximate surface area is 233 Å². The van der Waals surface area contributed by atoms with Crippen LogP contribution in [0.1, 0.15) is 71.6 Å². The SMILES string of the molecule is C[C@]12CCC3C(CC[C@H]4C[C@H](O)CC[C@]34C)C1CC[C@@H]2C(=O)CSS(=O)(=O)[O-].O=S(O)(O)=S.[Na+]. The molecule has 13 heteroatoms. The van der Waals surface area contributed by atoms with E-state index in [1.165, 1.54) is 12.8 Å². The Hall–Kier alpha value is 1.18. The summed E-state index contributed by atoms with van der Waals surface area (Å²) in [5, 5.41) is 10.1. The van der Waals surface area contributed by atoms with Crippen LogP contribution in [0.4, 0.5) is 0 Å². The van der Waals surface area contributed by atoms with Crippen molar-refractivity contribution in [3.05, 3.63) is 0 Å². The minimum absolute atomic E-state index is 0. The third-order valence-corrected chi connectivity index (χ3v) is 11.3. The predicted octanol–water partition coefficient (Wildman–Crippen LogP) is 0.451. The zero-order valence-electron chi connectivity index (χ0n) is 20.1. The molecule has 0 amide bonds. The van der Waals surface area contributed by atoms with Crippen LogP contribution in [0.25, 0.3) is 0 Å². The molecule has 0 heterocycles. The van der Waals surface area contributed by atoms with Crippen LogP contribution >= 0.6 is 10.8 Å². The smallest absolute Gasteiger partial charge is 0.739 e. The van der Waals surface area contributed by atoms with Gasteiger partial charge in [-0.1, -0.05) is 13.8 Å². The number of Topliss-reactive ketones (excluding diaryl/α,β-unsaturated/α-hetero) is 1. The molecule has 0 radical (unpaired) electrons. The molecule has 4 aliphatic carbocycles. The number of aliphatic hydroxyl groups excluding tert-OH is 1. The van der Waals surface area contributed by atoms with Crippen molar-refractivity contribution >= 4 is 46.0 Å². The number of fused-ring (bicyclic) bond motifs is 5. The van der Waals surface area contributed by atoms with Crippen molar-refractivity contribution in [1.29, 1.82) is 0 Å². The van der Waals surface area contributed by atoms with Crippen molar-refractivity contribution in [2.24, 2.45) is 40.4 Å². The minimum Gasteiger partial charge on any atom is -0.739 e. The summed E-state index contributed by atoms with van der Waals surface area (Å²) < 4.78 is 56.7. The summed E-state index contributed by atoms with van der Waals surface area (Å²) in [5.41, 5.74) is 0.265. The van der Waals surface area contributed by atoms with Gasteiger partial charge in [0.2, 0.25) is 0 Å². The number of carbonyl (C=O) groups excluding carboxylic acids is 1. The summed E-state index contributed by atoms with van der Waals surface area (Å²) in [6, 6.07) is 0. The molecule has 0 aromatic heterocycles. The van der Waals surface area contributed by atoms with E-state index in [0.29, 0.717) is 29.1 Å². The van der Waals surface area contributed by atoms with Gasteiger partial charge in [-0.3, -0.25) is 13.9 Å². The van der Waals surface area contributed by atoms with E-state index < -0.39 is 18.2 Å². The van der Waals surface area contributed by atoms with E-state index in [1.807, 2.05) is 0 Å². The monoisotopic (exact) mass is 566 g/mol. The van der Waals surface area contributed by atoms with Gasteiger partial charge in [0.15, 0.2) is 0 Å². The Morgan fingerprint density at radius 1 is 1.00 bits per heavy atom. The van der Waals surface area contributed by atoms with Gasteiger partial charge in [-0.05, 0) is 103 Å². The standard InChI is InChI=1S/C21H34O5S2.Na.H2O3S2/c1-20-9-7-14(22)11-13(20)3-4-15-16-5-6-18(19(23)12-27-28(24,25)26)21(16,2)10-8-17(15)20;;1-5(2,3)4/h13-18,22H,3-12H2,1-2H3,(H,24,25,26);;(H2,1,2,3,4)/q;+1;/p-1/t13-,14+,15?,16?,17?,18+,20-,21-;;/m0../s1. The molecule has 3 unspecified atom stereocenters. The molecular formula is C21H35NaO8S4. The first-order valence-corrected chi connectivity index (χ1v) is 16.9. The van der Waals surface area contributed by atoms with Crippen LogP contribution < -0.4 is 29.6 Å². The van der Waals surface area contributed by atoms with Gasteiger partial charge in [0.25, 0.3) is 9.05 Å². The van der Waals surface area contributed by atoms with Gasteiger partial charge in [0, 0.05) is 17.1 Å². The maximum absolute atomic E-state index is 12.8. The van der Waals surface area contributed by atoms with E-state index in [2.05, 4.69) is 25.0 Å². The van der Waals surface area contributed by atoms with Gasteiger partial charge in [-0.15, -0.1) is 0 Å². The zero-order valence-corrected chi connectivity index (χ0v) is 25.3. The molecule has 3 N–H and O–H groups in total. The van der Waals surface area contributed by atoms with Gasteiger partial charge in [-0.25, -0.2) is 8.42 Å².